The molecule has 0 saturated carbocycles. The van der Waals surface area contributed by atoms with Crippen LogP contribution >= 0.6 is 11.6 Å². The topological polar surface area (TPSA) is 76.8 Å². The quantitative estimate of drug-likeness (QED) is 0.852. The molecule has 2 heterocycles. The first-order chi connectivity index (χ1) is 10.2. The van der Waals surface area contributed by atoms with Gasteiger partial charge in [0.1, 0.15) is 19.3 Å². The molecule has 0 spiro atoms. The molecule has 21 heavy (non-hydrogen) atoms. The highest BCUT2D eigenvalue weighted by Gasteiger charge is 2.29. The zero-order valence-corrected chi connectivity index (χ0v) is 12.4. The number of rotatable bonds is 3. The number of fused-ring (bicyclic) bond motifs is 1. The molecule has 3 rings (SSSR count). The van der Waals surface area contributed by atoms with Gasteiger partial charge >= 0.3 is 0 Å². The van der Waals surface area contributed by atoms with Crippen molar-refractivity contribution in [3.63, 3.8) is 0 Å². The fourth-order valence-corrected chi connectivity index (χ4v) is 3.06. The van der Waals surface area contributed by atoms with E-state index in [0.29, 0.717) is 29.7 Å². The summed E-state index contributed by atoms with van der Waals surface area (Å²) in [6.07, 6.45) is 0. The molecule has 0 radical (unpaired) electrons. The summed E-state index contributed by atoms with van der Waals surface area (Å²) >= 11 is 6.25. The molecule has 6 nitrogen and oxygen atoms in total. The lowest BCUT2D eigenvalue weighted by Gasteiger charge is -2.33. The second kappa shape index (κ2) is 6.09. The molecule has 1 aromatic carbocycles. The third-order valence-corrected chi connectivity index (χ3v) is 4.00. The van der Waals surface area contributed by atoms with Crippen molar-refractivity contribution < 1.29 is 14.3 Å². The van der Waals surface area contributed by atoms with Gasteiger partial charge in [-0.05, 0) is 17.7 Å². The van der Waals surface area contributed by atoms with Crippen LogP contribution < -0.4 is 20.5 Å². The maximum Gasteiger partial charge on any atom is 0.239 e. The maximum atomic E-state index is 11.9. The normalized spacial score (nSPS) is 20.0. The highest BCUT2D eigenvalue weighted by Crippen LogP contribution is 2.40. The summed E-state index contributed by atoms with van der Waals surface area (Å²) in [6, 6.07) is 3.05. The van der Waals surface area contributed by atoms with Crippen LogP contribution in [-0.4, -0.2) is 50.2 Å². The van der Waals surface area contributed by atoms with Crippen LogP contribution in [0.25, 0.3) is 0 Å². The number of nitrogens with two attached hydrogens (primary N) is 1. The molecular formula is C14H18ClN3O3. The number of nitrogens with zero attached hydrogens (tertiary/aromatic N) is 1. The summed E-state index contributed by atoms with van der Waals surface area (Å²) in [6.45, 7) is 4.15. The summed E-state index contributed by atoms with van der Waals surface area (Å²) in [5, 5.41) is 3.70. The minimum atomic E-state index is -0.500. The summed E-state index contributed by atoms with van der Waals surface area (Å²) in [7, 11) is 0. The van der Waals surface area contributed by atoms with Gasteiger partial charge in [0.15, 0.2) is 11.5 Å². The van der Waals surface area contributed by atoms with Crippen molar-refractivity contribution in [1.82, 2.24) is 10.2 Å². The molecule has 1 amide bonds. The first kappa shape index (κ1) is 14.4. The Balaban J connectivity index is 1.95. The predicted octanol–water partition coefficient (Wildman–Crippen LogP) is 0.543. The predicted molar refractivity (Wildman–Crippen MR) is 78.8 cm³/mol. The van der Waals surface area contributed by atoms with Crippen LogP contribution in [0, 0.1) is 0 Å². The van der Waals surface area contributed by atoms with Gasteiger partial charge in [-0.2, -0.15) is 0 Å². The maximum absolute atomic E-state index is 11.9. The third-order valence-electron chi connectivity index (χ3n) is 3.72. The van der Waals surface area contributed by atoms with Crippen molar-refractivity contribution in [2.45, 2.75) is 6.04 Å². The number of nitrogens with one attached hydrogen (secondary N) is 1. The van der Waals surface area contributed by atoms with Crippen LogP contribution in [-0.2, 0) is 4.79 Å². The smallest absolute Gasteiger partial charge is 0.239 e. The zero-order valence-electron chi connectivity index (χ0n) is 11.6. The summed E-state index contributed by atoms with van der Waals surface area (Å²) in [4.78, 5) is 14.0. The minimum absolute atomic E-state index is 0.385. The van der Waals surface area contributed by atoms with E-state index in [4.69, 9.17) is 26.8 Å². The van der Waals surface area contributed by atoms with E-state index in [2.05, 4.69) is 10.2 Å². The average Bonchev–Trinajstić information content (AvgIpc) is 2.48. The van der Waals surface area contributed by atoms with E-state index in [9.17, 15) is 4.79 Å². The SMILES string of the molecule is NC(=O)C(c1cc(Cl)c2c(c1)OCCO2)N1CCNCC1. The Morgan fingerprint density at radius 2 is 2.00 bits per heavy atom. The summed E-state index contributed by atoms with van der Waals surface area (Å²) in [5.74, 6) is 0.727. The van der Waals surface area contributed by atoms with Crippen molar-refractivity contribution in [3.05, 3.63) is 22.7 Å². The van der Waals surface area contributed by atoms with Gasteiger partial charge in [-0.3, -0.25) is 9.69 Å². The fourth-order valence-electron chi connectivity index (χ4n) is 2.78. The standard InChI is InChI=1S/C14H18ClN3O3/c15-10-7-9(8-11-13(10)21-6-5-20-11)12(14(16)19)18-3-1-17-2-4-18/h7-8,12,17H,1-6H2,(H2,16,19). The molecule has 1 fully saturated rings. The Labute approximate surface area is 128 Å². The van der Waals surface area contributed by atoms with Crippen LogP contribution in [0.3, 0.4) is 0 Å². The first-order valence-corrected chi connectivity index (χ1v) is 7.38. The molecule has 2 aliphatic heterocycles. The molecule has 3 N–H and O–H groups in total. The van der Waals surface area contributed by atoms with E-state index in [0.717, 1.165) is 31.7 Å². The van der Waals surface area contributed by atoms with E-state index in [-0.39, 0.29) is 5.91 Å². The average molecular weight is 312 g/mol. The molecule has 1 atom stereocenters. The Morgan fingerprint density at radius 3 is 2.71 bits per heavy atom. The van der Waals surface area contributed by atoms with E-state index >= 15 is 0 Å². The molecule has 0 aromatic heterocycles. The number of halogens is 1. The Hall–Kier alpha value is -1.50. The van der Waals surface area contributed by atoms with Crippen molar-refractivity contribution in [1.29, 1.82) is 0 Å². The molecule has 114 valence electrons. The third kappa shape index (κ3) is 2.92. The number of carbonyl (C=O) groups is 1. The molecular weight excluding hydrogens is 294 g/mol. The molecule has 0 bridgehead atoms. The van der Waals surface area contributed by atoms with E-state index in [1.807, 2.05) is 0 Å². The van der Waals surface area contributed by atoms with Gasteiger partial charge in [0.25, 0.3) is 0 Å². The highest BCUT2D eigenvalue weighted by atomic mass is 35.5. The largest absolute Gasteiger partial charge is 0.486 e. The number of hydrogen-bond acceptors (Lipinski definition) is 5. The lowest BCUT2D eigenvalue weighted by Crippen LogP contribution is -2.48. The number of primary amides is 1. The number of ether oxygens (including phenoxy) is 2. The van der Waals surface area contributed by atoms with Crippen LogP contribution in [0.2, 0.25) is 5.02 Å². The van der Waals surface area contributed by atoms with Crippen molar-refractivity contribution in [3.8, 4) is 11.5 Å². The van der Waals surface area contributed by atoms with Crippen LogP contribution in [0.5, 0.6) is 11.5 Å². The number of amides is 1. The fraction of sp³-hybridized carbons (Fsp3) is 0.500. The van der Waals surface area contributed by atoms with Crippen molar-refractivity contribution >= 4 is 17.5 Å². The van der Waals surface area contributed by atoms with Crippen molar-refractivity contribution in [2.24, 2.45) is 5.73 Å². The van der Waals surface area contributed by atoms with Gasteiger partial charge in [0.2, 0.25) is 5.91 Å². The zero-order chi connectivity index (χ0) is 14.8. The second-order valence-electron chi connectivity index (χ2n) is 5.12. The van der Waals surface area contributed by atoms with Gasteiger partial charge in [0.05, 0.1) is 5.02 Å². The molecule has 1 unspecified atom stereocenters. The number of hydrogen-bond donors (Lipinski definition) is 2. The number of benzene rings is 1. The Kier molecular flexibility index (Phi) is 4.19. The van der Waals surface area contributed by atoms with Crippen LogP contribution in [0.1, 0.15) is 11.6 Å². The molecule has 2 aliphatic rings. The number of piperazine rings is 1. The van der Waals surface area contributed by atoms with Gasteiger partial charge in [0, 0.05) is 26.2 Å². The van der Waals surface area contributed by atoms with Gasteiger partial charge in [-0.15, -0.1) is 0 Å². The lowest BCUT2D eigenvalue weighted by atomic mass is 10.0. The lowest BCUT2D eigenvalue weighted by molar-refractivity contribution is -0.123. The van der Waals surface area contributed by atoms with E-state index in [1.54, 1.807) is 12.1 Å². The van der Waals surface area contributed by atoms with Gasteiger partial charge < -0.3 is 20.5 Å². The van der Waals surface area contributed by atoms with Gasteiger partial charge in [-0.1, -0.05) is 11.6 Å². The van der Waals surface area contributed by atoms with Crippen LogP contribution in [0.4, 0.5) is 0 Å². The Morgan fingerprint density at radius 1 is 1.29 bits per heavy atom. The molecule has 1 saturated heterocycles. The van der Waals surface area contributed by atoms with Crippen molar-refractivity contribution in [2.75, 3.05) is 39.4 Å². The Bertz CT molecular complexity index is 547. The van der Waals surface area contributed by atoms with Crippen LogP contribution in [0.15, 0.2) is 12.1 Å². The van der Waals surface area contributed by atoms with E-state index < -0.39 is 6.04 Å². The first-order valence-electron chi connectivity index (χ1n) is 7.00. The van der Waals surface area contributed by atoms with E-state index in [1.165, 1.54) is 0 Å². The molecule has 1 aromatic rings. The molecule has 7 heteroatoms. The number of carbonyl (C=O) groups excluding carboxylic acids is 1. The van der Waals surface area contributed by atoms with Gasteiger partial charge in [-0.25, -0.2) is 0 Å². The monoisotopic (exact) mass is 311 g/mol. The molecule has 0 aliphatic carbocycles. The summed E-state index contributed by atoms with van der Waals surface area (Å²) in [5.41, 5.74) is 6.36. The highest BCUT2D eigenvalue weighted by molar-refractivity contribution is 6.32. The minimum Gasteiger partial charge on any atom is -0.486 e. The second-order valence-corrected chi connectivity index (χ2v) is 5.52. The summed E-state index contributed by atoms with van der Waals surface area (Å²) < 4.78 is 11.1.